The molecule has 0 spiro atoms. The molecule has 0 bridgehead atoms. The number of ether oxygens (including phenoxy) is 2. The zero-order valence-corrected chi connectivity index (χ0v) is 12.6. The van der Waals surface area contributed by atoms with Crippen molar-refractivity contribution in [3.05, 3.63) is 0 Å². The van der Waals surface area contributed by atoms with Gasteiger partial charge in [0.25, 0.3) is 0 Å². The van der Waals surface area contributed by atoms with Crippen molar-refractivity contribution in [1.29, 1.82) is 0 Å². The normalized spacial score (nSPS) is 13.6. The van der Waals surface area contributed by atoms with Gasteiger partial charge < -0.3 is 9.47 Å². The predicted octanol–water partition coefficient (Wildman–Crippen LogP) is 2.80. The van der Waals surface area contributed by atoms with Gasteiger partial charge in [0.2, 0.25) is 0 Å². The van der Waals surface area contributed by atoms with E-state index in [-0.39, 0.29) is 36.5 Å². The second kappa shape index (κ2) is 6.76. The summed E-state index contributed by atoms with van der Waals surface area (Å²) in [4.78, 5) is 22.9. The van der Waals surface area contributed by atoms with Gasteiger partial charge in [0, 0.05) is 5.41 Å². The SMILES string of the molecule is CC(C)C(=O)OCC(C)(C)C(C)OC(=O)C(C)C. The van der Waals surface area contributed by atoms with Crippen LogP contribution < -0.4 is 0 Å². The van der Waals surface area contributed by atoms with Crippen LogP contribution in [0.25, 0.3) is 0 Å². The number of carbonyl (C=O) groups is 2. The van der Waals surface area contributed by atoms with Crippen LogP contribution in [0.5, 0.6) is 0 Å². The van der Waals surface area contributed by atoms with Crippen molar-refractivity contribution in [3.8, 4) is 0 Å². The first kappa shape index (κ1) is 16.9. The maximum atomic E-state index is 11.5. The van der Waals surface area contributed by atoms with E-state index in [9.17, 15) is 9.59 Å². The molecule has 4 nitrogen and oxygen atoms in total. The number of rotatable bonds is 6. The Kier molecular flexibility index (Phi) is 6.36. The van der Waals surface area contributed by atoms with Crippen LogP contribution in [0.3, 0.4) is 0 Å². The molecule has 0 saturated heterocycles. The van der Waals surface area contributed by atoms with Gasteiger partial charge in [0.15, 0.2) is 0 Å². The van der Waals surface area contributed by atoms with Crippen molar-refractivity contribution in [2.45, 2.75) is 54.6 Å². The summed E-state index contributed by atoms with van der Waals surface area (Å²) < 4.78 is 10.5. The van der Waals surface area contributed by atoms with E-state index in [1.807, 2.05) is 20.8 Å². The average Bonchev–Trinajstić information content (AvgIpc) is 2.25. The number of esters is 2. The van der Waals surface area contributed by atoms with E-state index in [1.165, 1.54) is 0 Å². The molecule has 0 aromatic rings. The topological polar surface area (TPSA) is 52.6 Å². The summed E-state index contributed by atoms with van der Waals surface area (Å²) in [6, 6.07) is 0. The Morgan fingerprint density at radius 2 is 1.39 bits per heavy atom. The molecule has 0 rings (SSSR count). The molecule has 106 valence electrons. The zero-order chi connectivity index (χ0) is 14.5. The van der Waals surface area contributed by atoms with Gasteiger partial charge in [-0.15, -0.1) is 0 Å². The van der Waals surface area contributed by atoms with Gasteiger partial charge in [0.05, 0.1) is 18.4 Å². The van der Waals surface area contributed by atoms with E-state index in [1.54, 1.807) is 27.7 Å². The monoisotopic (exact) mass is 258 g/mol. The van der Waals surface area contributed by atoms with Crippen molar-refractivity contribution in [1.82, 2.24) is 0 Å². The molecular weight excluding hydrogens is 232 g/mol. The van der Waals surface area contributed by atoms with Crippen LogP contribution in [-0.4, -0.2) is 24.6 Å². The summed E-state index contributed by atoms with van der Waals surface area (Å²) in [5, 5.41) is 0. The standard InChI is InChI=1S/C14H26O4/c1-9(2)12(15)17-8-14(6,7)11(5)18-13(16)10(3)4/h9-11H,8H2,1-7H3. The highest BCUT2D eigenvalue weighted by Gasteiger charge is 2.31. The fourth-order valence-corrected chi connectivity index (χ4v) is 1.01. The van der Waals surface area contributed by atoms with Crippen LogP contribution in [0.4, 0.5) is 0 Å². The molecule has 0 N–H and O–H groups in total. The van der Waals surface area contributed by atoms with Crippen LogP contribution in [-0.2, 0) is 19.1 Å². The summed E-state index contributed by atoms with van der Waals surface area (Å²) in [5.74, 6) is -0.757. The van der Waals surface area contributed by atoms with Gasteiger partial charge in [-0.25, -0.2) is 0 Å². The van der Waals surface area contributed by atoms with E-state index in [4.69, 9.17) is 9.47 Å². The zero-order valence-electron chi connectivity index (χ0n) is 12.6. The van der Waals surface area contributed by atoms with Crippen LogP contribution in [0, 0.1) is 17.3 Å². The molecule has 0 radical (unpaired) electrons. The fraction of sp³-hybridized carbons (Fsp3) is 0.857. The van der Waals surface area contributed by atoms with Gasteiger partial charge in [0.1, 0.15) is 6.10 Å². The third kappa shape index (κ3) is 5.52. The van der Waals surface area contributed by atoms with Crippen molar-refractivity contribution >= 4 is 11.9 Å². The van der Waals surface area contributed by atoms with Gasteiger partial charge in [-0.05, 0) is 6.92 Å². The van der Waals surface area contributed by atoms with Crippen LogP contribution >= 0.6 is 0 Å². The molecule has 0 aliphatic heterocycles. The van der Waals surface area contributed by atoms with Crippen LogP contribution in [0.2, 0.25) is 0 Å². The molecule has 0 aliphatic rings. The molecule has 0 saturated carbocycles. The van der Waals surface area contributed by atoms with E-state index < -0.39 is 5.41 Å². The molecule has 0 heterocycles. The lowest BCUT2D eigenvalue weighted by atomic mass is 9.88. The van der Waals surface area contributed by atoms with Gasteiger partial charge in [-0.2, -0.15) is 0 Å². The van der Waals surface area contributed by atoms with Crippen molar-refractivity contribution in [2.24, 2.45) is 17.3 Å². The second-order valence-corrected chi connectivity index (χ2v) is 5.98. The second-order valence-electron chi connectivity index (χ2n) is 5.98. The maximum absolute atomic E-state index is 11.5. The largest absolute Gasteiger partial charge is 0.465 e. The van der Waals surface area contributed by atoms with E-state index in [2.05, 4.69) is 0 Å². The lowest BCUT2D eigenvalue weighted by Crippen LogP contribution is -2.37. The minimum absolute atomic E-state index is 0.144. The first-order valence-electron chi connectivity index (χ1n) is 6.45. The Morgan fingerprint density at radius 1 is 0.944 bits per heavy atom. The van der Waals surface area contributed by atoms with Crippen molar-refractivity contribution < 1.29 is 19.1 Å². The summed E-state index contributed by atoms with van der Waals surface area (Å²) in [6.07, 6.45) is -0.299. The van der Waals surface area contributed by atoms with Crippen molar-refractivity contribution in [2.75, 3.05) is 6.61 Å². The Balaban J connectivity index is 4.35. The third-order valence-corrected chi connectivity index (χ3v) is 2.92. The first-order valence-corrected chi connectivity index (χ1v) is 6.45. The third-order valence-electron chi connectivity index (χ3n) is 2.92. The summed E-state index contributed by atoms with van der Waals surface area (Å²) >= 11 is 0. The quantitative estimate of drug-likeness (QED) is 0.687. The highest BCUT2D eigenvalue weighted by molar-refractivity contribution is 5.72. The summed E-state index contributed by atoms with van der Waals surface area (Å²) in [6.45, 7) is 13.1. The molecule has 0 fully saturated rings. The Hall–Kier alpha value is -1.06. The Morgan fingerprint density at radius 3 is 1.78 bits per heavy atom. The van der Waals surface area contributed by atoms with E-state index >= 15 is 0 Å². The fourth-order valence-electron chi connectivity index (χ4n) is 1.01. The molecule has 0 aromatic carbocycles. The molecule has 18 heavy (non-hydrogen) atoms. The number of hydrogen-bond donors (Lipinski definition) is 0. The highest BCUT2D eigenvalue weighted by Crippen LogP contribution is 2.25. The molecule has 0 aromatic heterocycles. The molecule has 1 unspecified atom stereocenters. The molecular formula is C14H26O4. The Bertz CT molecular complexity index is 292. The molecule has 0 aliphatic carbocycles. The lowest BCUT2D eigenvalue weighted by molar-refractivity contribution is -0.164. The van der Waals surface area contributed by atoms with Crippen molar-refractivity contribution in [3.63, 3.8) is 0 Å². The molecule has 4 heteroatoms. The first-order chi connectivity index (χ1) is 8.08. The smallest absolute Gasteiger partial charge is 0.308 e. The molecule has 1 atom stereocenters. The van der Waals surface area contributed by atoms with Gasteiger partial charge in [-0.3, -0.25) is 9.59 Å². The lowest BCUT2D eigenvalue weighted by Gasteiger charge is -2.31. The average molecular weight is 258 g/mol. The van der Waals surface area contributed by atoms with Crippen LogP contribution in [0.1, 0.15) is 48.5 Å². The minimum Gasteiger partial charge on any atom is -0.465 e. The molecule has 0 amide bonds. The van der Waals surface area contributed by atoms with Gasteiger partial charge in [-0.1, -0.05) is 41.5 Å². The summed E-state index contributed by atoms with van der Waals surface area (Å²) in [5.41, 5.74) is -0.394. The number of hydrogen-bond acceptors (Lipinski definition) is 4. The predicted molar refractivity (Wildman–Crippen MR) is 70.0 cm³/mol. The minimum atomic E-state index is -0.394. The summed E-state index contributed by atoms with van der Waals surface area (Å²) in [7, 11) is 0. The Labute approximate surface area is 110 Å². The van der Waals surface area contributed by atoms with E-state index in [0.717, 1.165) is 0 Å². The van der Waals surface area contributed by atoms with Crippen LogP contribution in [0.15, 0.2) is 0 Å². The number of carbonyl (C=O) groups excluding carboxylic acids is 2. The van der Waals surface area contributed by atoms with E-state index in [0.29, 0.717) is 0 Å². The highest BCUT2D eigenvalue weighted by atomic mass is 16.6. The van der Waals surface area contributed by atoms with Gasteiger partial charge >= 0.3 is 11.9 Å². The maximum Gasteiger partial charge on any atom is 0.308 e.